The lowest BCUT2D eigenvalue weighted by molar-refractivity contribution is 0.0945. The second kappa shape index (κ2) is 9.11. The number of para-hydroxylation sites is 1. The van der Waals surface area contributed by atoms with Crippen molar-refractivity contribution in [2.75, 3.05) is 0 Å². The molecule has 2 aromatic carbocycles. The normalized spacial score (nSPS) is 10.4. The second-order valence-corrected chi connectivity index (χ2v) is 6.96. The Balaban J connectivity index is 1.50. The van der Waals surface area contributed by atoms with Crippen molar-refractivity contribution in [3.63, 3.8) is 0 Å². The highest BCUT2D eigenvalue weighted by molar-refractivity contribution is 7.80. The molecule has 0 saturated carbocycles. The van der Waals surface area contributed by atoms with Gasteiger partial charge in [-0.3, -0.25) is 20.6 Å². The van der Waals surface area contributed by atoms with Gasteiger partial charge in [0, 0.05) is 29.9 Å². The number of nitrogens with one attached hydrogen (secondary N) is 3. The zero-order valence-corrected chi connectivity index (χ0v) is 16.8. The van der Waals surface area contributed by atoms with E-state index in [2.05, 4.69) is 26.1 Å². The smallest absolute Gasteiger partial charge is 0.270 e. The molecular weight excluding hydrogens is 394 g/mol. The minimum atomic E-state index is -0.298. The first-order chi connectivity index (χ1) is 14.7. The van der Waals surface area contributed by atoms with Crippen molar-refractivity contribution in [2.45, 2.75) is 6.54 Å². The maximum Gasteiger partial charge on any atom is 0.270 e. The fraction of sp³-hybridized carbons (Fsp3) is 0.0435. The molecule has 0 aliphatic carbocycles. The van der Waals surface area contributed by atoms with Crippen LogP contribution in [-0.4, -0.2) is 21.0 Å². The van der Waals surface area contributed by atoms with E-state index in [9.17, 15) is 4.79 Å². The maximum absolute atomic E-state index is 12.9. The molecule has 3 N–H and O–H groups in total. The highest BCUT2D eigenvalue weighted by Crippen LogP contribution is 2.24. The van der Waals surface area contributed by atoms with Gasteiger partial charge in [-0.2, -0.15) is 0 Å². The molecular formula is C23H19N5OS. The molecule has 0 fully saturated rings. The number of carbonyl (C=O) groups excluding carboxylic acids is 1. The van der Waals surface area contributed by atoms with Gasteiger partial charge in [0.15, 0.2) is 5.11 Å². The maximum atomic E-state index is 12.9. The number of carbonyl (C=O) groups is 1. The van der Waals surface area contributed by atoms with Crippen molar-refractivity contribution in [1.82, 2.24) is 26.1 Å². The van der Waals surface area contributed by atoms with Crippen molar-refractivity contribution >= 4 is 34.1 Å². The molecule has 0 atom stereocenters. The summed E-state index contributed by atoms with van der Waals surface area (Å²) in [5, 5.41) is 4.16. The predicted octanol–water partition coefficient (Wildman–Crippen LogP) is 3.61. The van der Waals surface area contributed by atoms with Gasteiger partial charge in [-0.25, -0.2) is 4.98 Å². The molecule has 2 aromatic heterocycles. The summed E-state index contributed by atoms with van der Waals surface area (Å²) in [6.07, 6.45) is 3.40. The van der Waals surface area contributed by atoms with Gasteiger partial charge in [-0.1, -0.05) is 48.5 Å². The van der Waals surface area contributed by atoms with Gasteiger partial charge in [0.05, 0.1) is 16.8 Å². The topological polar surface area (TPSA) is 78.9 Å². The third-order valence-electron chi connectivity index (χ3n) is 4.52. The Kier molecular flexibility index (Phi) is 5.91. The van der Waals surface area contributed by atoms with Gasteiger partial charge >= 0.3 is 0 Å². The summed E-state index contributed by atoms with van der Waals surface area (Å²) in [7, 11) is 0. The third kappa shape index (κ3) is 4.59. The number of thiocarbonyl (C=S) groups is 1. The molecule has 0 aliphatic rings. The summed E-state index contributed by atoms with van der Waals surface area (Å²) >= 11 is 5.26. The molecule has 4 rings (SSSR count). The van der Waals surface area contributed by atoms with Crippen molar-refractivity contribution in [1.29, 1.82) is 0 Å². The highest BCUT2D eigenvalue weighted by atomic mass is 32.1. The molecule has 7 heteroatoms. The zero-order chi connectivity index (χ0) is 20.8. The van der Waals surface area contributed by atoms with E-state index >= 15 is 0 Å². The number of hydrogen-bond donors (Lipinski definition) is 3. The Labute approximate surface area is 179 Å². The molecule has 0 saturated heterocycles. The number of nitrogens with zero attached hydrogens (tertiary/aromatic N) is 2. The number of benzene rings is 2. The van der Waals surface area contributed by atoms with E-state index in [1.165, 1.54) is 0 Å². The Morgan fingerprint density at radius 3 is 2.43 bits per heavy atom. The van der Waals surface area contributed by atoms with Gasteiger partial charge < -0.3 is 5.32 Å². The molecule has 0 unspecified atom stereocenters. The summed E-state index contributed by atoms with van der Waals surface area (Å²) in [6.45, 7) is 0.562. The van der Waals surface area contributed by atoms with Crippen LogP contribution in [0, 0.1) is 0 Å². The lowest BCUT2D eigenvalue weighted by Crippen LogP contribution is -2.46. The van der Waals surface area contributed by atoms with Crippen LogP contribution in [0.5, 0.6) is 0 Å². The SMILES string of the molecule is O=C(NNC(=S)NCc1ccccc1)c1cc(-c2ccncc2)nc2ccccc12. The average molecular weight is 414 g/mol. The van der Waals surface area contributed by atoms with E-state index < -0.39 is 0 Å². The fourth-order valence-corrected chi connectivity index (χ4v) is 3.16. The van der Waals surface area contributed by atoms with Crippen LogP contribution in [0.2, 0.25) is 0 Å². The van der Waals surface area contributed by atoms with Crippen molar-refractivity contribution < 1.29 is 4.79 Å². The monoisotopic (exact) mass is 413 g/mol. The minimum absolute atomic E-state index is 0.298. The van der Waals surface area contributed by atoms with Crippen LogP contribution in [0.1, 0.15) is 15.9 Å². The molecule has 0 aliphatic heterocycles. The first-order valence-corrected chi connectivity index (χ1v) is 9.80. The van der Waals surface area contributed by atoms with Crippen LogP contribution in [0.3, 0.4) is 0 Å². The third-order valence-corrected chi connectivity index (χ3v) is 4.77. The summed E-state index contributed by atoms with van der Waals surface area (Å²) in [5.74, 6) is -0.298. The van der Waals surface area contributed by atoms with Gasteiger partial charge in [0.2, 0.25) is 0 Å². The summed E-state index contributed by atoms with van der Waals surface area (Å²) in [6, 6.07) is 22.9. The number of rotatable bonds is 4. The summed E-state index contributed by atoms with van der Waals surface area (Å²) in [4.78, 5) is 21.6. The number of amides is 1. The summed E-state index contributed by atoms with van der Waals surface area (Å²) < 4.78 is 0. The van der Waals surface area contributed by atoms with Crippen LogP contribution in [0.25, 0.3) is 22.2 Å². The van der Waals surface area contributed by atoms with Crippen molar-refractivity contribution in [3.8, 4) is 11.3 Å². The Hall–Kier alpha value is -3.84. The van der Waals surface area contributed by atoms with Crippen LogP contribution in [-0.2, 0) is 6.54 Å². The van der Waals surface area contributed by atoms with E-state index in [-0.39, 0.29) is 5.91 Å². The van der Waals surface area contributed by atoms with Gasteiger partial charge in [0.1, 0.15) is 0 Å². The fourth-order valence-electron chi connectivity index (χ4n) is 3.04. The molecule has 148 valence electrons. The van der Waals surface area contributed by atoms with Gasteiger partial charge in [0.25, 0.3) is 5.91 Å². The van der Waals surface area contributed by atoms with Gasteiger partial charge in [-0.05, 0) is 42.0 Å². The predicted molar refractivity (Wildman–Crippen MR) is 121 cm³/mol. The number of hydrogen-bond acceptors (Lipinski definition) is 4. The Bertz CT molecular complexity index is 1180. The standard InChI is InChI=1S/C23H19N5OS/c29-22(27-28-23(30)25-15-16-6-2-1-3-7-16)19-14-21(17-10-12-24-13-11-17)26-20-9-5-4-8-18(19)20/h1-14H,15H2,(H,27,29)(H2,25,28,30). The molecule has 6 nitrogen and oxygen atoms in total. The first kappa shape index (κ1) is 19.5. The molecule has 2 heterocycles. The average Bonchev–Trinajstić information content (AvgIpc) is 2.81. The minimum Gasteiger partial charge on any atom is -0.357 e. The molecule has 30 heavy (non-hydrogen) atoms. The van der Waals surface area contributed by atoms with Gasteiger partial charge in [-0.15, -0.1) is 0 Å². The molecule has 4 aromatic rings. The Morgan fingerprint density at radius 2 is 1.63 bits per heavy atom. The van der Waals surface area contributed by atoms with E-state index in [1.807, 2.05) is 66.7 Å². The Morgan fingerprint density at radius 1 is 0.900 bits per heavy atom. The lowest BCUT2D eigenvalue weighted by Gasteiger charge is -2.13. The number of hydrazine groups is 1. The number of pyridine rings is 2. The van der Waals surface area contributed by atoms with E-state index in [4.69, 9.17) is 12.2 Å². The van der Waals surface area contributed by atoms with Crippen molar-refractivity contribution in [3.05, 3.63) is 96.3 Å². The van der Waals surface area contributed by atoms with Crippen LogP contribution < -0.4 is 16.2 Å². The molecule has 0 bridgehead atoms. The van der Waals surface area contributed by atoms with E-state index in [1.54, 1.807) is 18.5 Å². The molecule has 0 radical (unpaired) electrons. The van der Waals surface area contributed by atoms with Crippen LogP contribution >= 0.6 is 12.2 Å². The first-order valence-electron chi connectivity index (χ1n) is 9.39. The zero-order valence-electron chi connectivity index (χ0n) is 16.0. The summed E-state index contributed by atoms with van der Waals surface area (Å²) in [5.41, 5.74) is 9.36. The molecule has 0 spiro atoms. The van der Waals surface area contributed by atoms with Crippen LogP contribution in [0.4, 0.5) is 0 Å². The number of aromatic nitrogens is 2. The van der Waals surface area contributed by atoms with Crippen molar-refractivity contribution in [2.24, 2.45) is 0 Å². The quantitative estimate of drug-likeness (QED) is 0.350. The van der Waals surface area contributed by atoms with E-state index in [0.29, 0.717) is 22.9 Å². The second-order valence-electron chi connectivity index (χ2n) is 6.56. The number of fused-ring (bicyclic) bond motifs is 1. The molecule has 1 amide bonds. The van der Waals surface area contributed by atoms with Crippen LogP contribution in [0.15, 0.2) is 85.2 Å². The highest BCUT2D eigenvalue weighted by Gasteiger charge is 2.14. The van der Waals surface area contributed by atoms with E-state index in [0.717, 1.165) is 22.0 Å². The largest absolute Gasteiger partial charge is 0.357 e. The lowest BCUT2D eigenvalue weighted by atomic mass is 10.0.